The number of ether oxygens (including phenoxy) is 1. The molecule has 4 nitrogen and oxygen atoms in total. The van der Waals surface area contributed by atoms with Gasteiger partial charge in [-0.15, -0.1) is 0 Å². The SMILES string of the molecule is CN(C(=O)C1(C#N)CCC1)C1CCOCC1. The Morgan fingerprint density at radius 3 is 2.50 bits per heavy atom. The molecule has 0 atom stereocenters. The van der Waals surface area contributed by atoms with Crippen molar-refractivity contribution < 1.29 is 9.53 Å². The first kappa shape index (κ1) is 11.4. The minimum atomic E-state index is -0.701. The zero-order valence-electron chi connectivity index (χ0n) is 9.74. The Hall–Kier alpha value is -1.08. The van der Waals surface area contributed by atoms with Gasteiger partial charge in [-0.3, -0.25) is 4.79 Å². The molecule has 0 unspecified atom stereocenters. The van der Waals surface area contributed by atoms with Crippen molar-refractivity contribution in [3.8, 4) is 6.07 Å². The Kier molecular flexibility index (Phi) is 3.15. The third kappa shape index (κ3) is 1.80. The average molecular weight is 222 g/mol. The average Bonchev–Trinajstić information content (AvgIpc) is 2.28. The number of nitrogens with zero attached hydrogens (tertiary/aromatic N) is 2. The van der Waals surface area contributed by atoms with Crippen LogP contribution in [0.15, 0.2) is 0 Å². The fourth-order valence-corrected chi connectivity index (χ4v) is 2.48. The molecule has 1 heterocycles. The molecule has 0 bridgehead atoms. The Balaban J connectivity index is 2.01. The van der Waals surface area contributed by atoms with Gasteiger partial charge in [-0.25, -0.2) is 0 Å². The molecule has 1 saturated carbocycles. The van der Waals surface area contributed by atoms with E-state index in [0.717, 1.165) is 45.3 Å². The van der Waals surface area contributed by atoms with Gasteiger partial charge >= 0.3 is 0 Å². The van der Waals surface area contributed by atoms with Crippen LogP contribution in [-0.4, -0.2) is 37.1 Å². The smallest absolute Gasteiger partial charge is 0.243 e. The molecular weight excluding hydrogens is 204 g/mol. The minimum absolute atomic E-state index is 0.0214. The Labute approximate surface area is 96.2 Å². The summed E-state index contributed by atoms with van der Waals surface area (Å²) < 4.78 is 5.28. The van der Waals surface area contributed by atoms with Crippen molar-refractivity contribution in [2.24, 2.45) is 5.41 Å². The lowest BCUT2D eigenvalue weighted by molar-refractivity contribution is -0.145. The maximum Gasteiger partial charge on any atom is 0.243 e. The van der Waals surface area contributed by atoms with Gasteiger partial charge in [-0.1, -0.05) is 0 Å². The number of amides is 1. The summed E-state index contributed by atoms with van der Waals surface area (Å²) >= 11 is 0. The topological polar surface area (TPSA) is 53.3 Å². The van der Waals surface area contributed by atoms with Gasteiger partial charge in [0.25, 0.3) is 0 Å². The molecule has 0 radical (unpaired) electrons. The molecule has 2 aliphatic rings. The maximum atomic E-state index is 12.2. The van der Waals surface area contributed by atoms with Crippen LogP contribution in [0.5, 0.6) is 0 Å². The predicted octanol–water partition coefficient (Wildman–Crippen LogP) is 1.32. The van der Waals surface area contributed by atoms with Crippen LogP contribution in [0.2, 0.25) is 0 Å². The second kappa shape index (κ2) is 4.42. The third-order valence-electron chi connectivity index (χ3n) is 3.89. The van der Waals surface area contributed by atoms with Gasteiger partial charge in [-0.2, -0.15) is 5.26 Å². The Bertz CT molecular complexity index is 311. The van der Waals surface area contributed by atoms with E-state index in [9.17, 15) is 4.79 Å². The second-order valence-corrected chi connectivity index (χ2v) is 4.81. The standard InChI is InChI=1S/C12H18N2O2/c1-14(10-3-7-16-8-4-10)11(15)12(9-13)5-2-6-12/h10H,2-8H2,1H3. The lowest BCUT2D eigenvalue weighted by Crippen LogP contribution is -2.50. The van der Waals surface area contributed by atoms with E-state index in [0.29, 0.717) is 0 Å². The van der Waals surface area contributed by atoms with Gasteiger partial charge < -0.3 is 9.64 Å². The lowest BCUT2D eigenvalue weighted by Gasteiger charge is -2.40. The molecule has 0 spiro atoms. The van der Waals surface area contributed by atoms with E-state index in [-0.39, 0.29) is 11.9 Å². The van der Waals surface area contributed by atoms with Gasteiger partial charge in [0, 0.05) is 26.3 Å². The summed E-state index contributed by atoms with van der Waals surface area (Å²) in [6.07, 6.45) is 4.25. The van der Waals surface area contributed by atoms with Crippen molar-refractivity contribution in [3.63, 3.8) is 0 Å². The fraction of sp³-hybridized carbons (Fsp3) is 0.833. The molecule has 1 saturated heterocycles. The van der Waals surface area contributed by atoms with Crippen LogP contribution in [0, 0.1) is 16.7 Å². The summed E-state index contributed by atoms with van der Waals surface area (Å²) in [5.74, 6) is 0.0214. The van der Waals surface area contributed by atoms with E-state index in [4.69, 9.17) is 10.00 Å². The van der Waals surface area contributed by atoms with Crippen molar-refractivity contribution in [2.75, 3.05) is 20.3 Å². The molecule has 88 valence electrons. The molecule has 2 rings (SSSR count). The van der Waals surface area contributed by atoms with E-state index < -0.39 is 5.41 Å². The van der Waals surface area contributed by atoms with Crippen LogP contribution in [0.4, 0.5) is 0 Å². The molecule has 0 N–H and O–H groups in total. The van der Waals surface area contributed by atoms with Crippen LogP contribution in [0.1, 0.15) is 32.1 Å². The summed E-state index contributed by atoms with van der Waals surface area (Å²) in [6.45, 7) is 1.45. The van der Waals surface area contributed by atoms with Crippen LogP contribution >= 0.6 is 0 Å². The zero-order valence-corrected chi connectivity index (χ0v) is 9.74. The molecule has 2 fully saturated rings. The first-order chi connectivity index (χ1) is 7.69. The summed E-state index contributed by atoms with van der Waals surface area (Å²) in [4.78, 5) is 14.0. The van der Waals surface area contributed by atoms with Crippen LogP contribution in [-0.2, 0) is 9.53 Å². The highest BCUT2D eigenvalue weighted by molar-refractivity contribution is 5.86. The number of rotatable bonds is 2. The van der Waals surface area contributed by atoms with E-state index in [2.05, 4.69) is 6.07 Å². The molecule has 0 aromatic heterocycles. The molecule has 1 aliphatic heterocycles. The summed E-state index contributed by atoms with van der Waals surface area (Å²) in [7, 11) is 1.83. The maximum absolute atomic E-state index is 12.2. The lowest BCUT2D eigenvalue weighted by atomic mass is 9.69. The fourth-order valence-electron chi connectivity index (χ4n) is 2.48. The van der Waals surface area contributed by atoms with Crippen LogP contribution in [0.3, 0.4) is 0 Å². The predicted molar refractivity (Wildman–Crippen MR) is 58.5 cm³/mol. The van der Waals surface area contributed by atoms with E-state index in [1.54, 1.807) is 4.90 Å². The quantitative estimate of drug-likeness (QED) is 0.708. The van der Waals surface area contributed by atoms with Crippen molar-refractivity contribution >= 4 is 5.91 Å². The van der Waals surface area contributed by atoms with Gasteiger partial charge in [0.15, 0.2) is 0 Å². The van der Waals surface area contributed by atoms with Crippen LogP contribution in [0.25, 0.3) is 0 Å². The van der Waals surface area contributed by atoms with Gasteiger partial charge in [-0.05, 0) is 32.1 Å². The number of hydrogen-bond donors (Lipinski definition) is 0. The minimum Gasteiger partial charge on any atom is -0.381 e. The van der Waals surface area contributed by atoms with Crippen molar-refractivity contribution in [3.05, 3.63) is 0 Å². The monoisotopic (exact) mass is 222 g/mol. The Morgan fingerprint density at radius 2 is 2.06 bits per heavy atom. The van der Waals surface area contributed by atoms with Crippen LogP contribution < -0.4 is 0 Å². The highest BCUT2D eigenvalue weighted by Crippen LogP contribution is 2.42. The van der Waals surface area contributed by atoms with Crippen molar-refractivity contribution in [2.45, 2.75) is 38.1 Å². The van der Waals surface area contributed by atoms with Crippen molar-refractivity contribution in [1.29, 1.82) is 5.26 Å². The highest BCUT2D eigenvalue weighted by atomic mass is 16.5. The molecule has 1 aliphatic carbocycles. The number of carbonyl (C=O) groups excluding carboxylic acids is 1. The third-order valence-corrected chi connectivity index (χ3v) is 3.89. The first-order valence-corrected chi connectivity index (χ1v) is 5.96. The molecule has 4 heteroatoms. The van der Waals surface area contributed by atoms with E-state index in [1.807, 2.05) is 7.05 Å². The van der Waals surface area contributed by atoms with Gasteiger partial charge in [0.2, 0.25) is 5.91 Å². The summed E-state index contributed by atoms with van der Waals surface area (Å²) in [5.41, 5.74) is -0.701. The highest BCUT2D eigenvalue weighted by Gasteiger charge is 2.47. The number of nitriles is 1. The number of hydrogen-bond acceptors (Lipinski definition) is 3. The molecule has 16 heavy (non-hydrogen) atoms. The molecular formula is C12H18N2O2. The first-order valence-electron chi connectivity index (χ1n) is 5.96. The van der Waals surface area contributed by atoms with Gasteiger partial charge in [0.05, 0.1) is 6.07 Å². The summed E-state index contributed by atoms with van der Waals surface area (Å²) in [6, 6.07) is 2.47. The Morgan fingerprint density at radius 1 is 1.44 bits per heavy atom. The largest absolute Gasteiger partial charge is 0.381 e. The molecule has 1 amide bonds. The molecule has 0 aromatic rings. The normalized spacial score (nSPS) is 24.2. The van der Waals surface area contributed by atoms with E-state index in [1.165, 1.54) is 0 Å². The van der Waals surface area contributed by atoms with Crippen molar-refractivity contribution in [1.82, 2.24) is 4.90 Å². The number of carbonyl (C=O) groups is 1. The zero-order chi connectivity index (χ0) is 11.6. The van der Waals surface area contributed by atoms with E-state index >= 15 is 0 Å². The van der Waals surface area contributed by atoms with Gasteiger partial charge in [0.1, 0.15) is 5.41 Å². The molecule has 0 aromatic carbocycles. The summed E-state index contributed by atoms with van der Waals surface area (Å²) in [5, 5.41) is 9.13. The second-order valence-electron chi connectivity index (χ2n) is 4.81.